The molecule has 0 aliphatic heterocycles. The molecule has 0 spiro atoms. The zero-order valence-electron chi connectivity index (χ0n) is 11.5. The summed E-state index contributed by atoms with van der Waals surface area (Å²) >= 11 is 0. The fraction of sp³-hybridized carbons (Fsp3) is 0.333. The number of ether oxygens (including phenoxy) is 1. The second kappa shape index (κ2) is 5.69. The average molecular weight is 258 g/mol. The van der Waals surface area contributed by atoms with E-state index in [1.165, 1.54) is 0 Å². The SMILES string of the molecule is CCC(=O)c1ccc(Oc2cnn(C(C)C)c2)cc1. The summed E-state index contributed by atoms with van der Waals surface area (Å²) in [7, 11) is 0. The molecule has 0 radical (unpaired) electrons. The summed E-state index contributed by atoms with van der Waals surface area (Å²) in [5, 5.41) is 4.21. The highest BCUT2D eigenvalue weighted by Crippen LogP contribution is 2.22. The number of hydrogen-bond acceptors (Lipinski definition) is 3. The molecule has 0 amide bonds. The molecule has 0 aliphatic rings. The first-order valence-corrected chi connectivity index (χ1v) is 6.45. The molecule has 1 heterocycles. The molecular formula is C15H18N2O2. The van der Waals surface area contributed by atoms with Gasteiger partial charge in [-0.15, -0.1) is 0 Å². The number of carbonyl (C=O) groups excluding carboxylic acids is 1. The third-order valence-electron chi connectivity index (χ3n) is 2.84. The Hall–Kier alpha value is -2.10. The molecule has 0 aliphatic carbocycles. The number of rotatable bonds is 5. The molecule has 4 heteroatoms. The fourth-order valence-corrected chi connectivity index (χ4v) is 1.70. The molecule has 1 aromatic heterocycles. The number of benzene rings is 1. The quantitative estimate of drug-likeness (QED) is 0.765. The summed E-state index contributed by atoms with van der Waals surface area (Å²) in [5.74, 6) is 1.54. The van der Waals surface area contributed by atoms with E-state index in [-0.39, 0.29) is 5.78 Å². The van der Waals surface area contributed by atoms with E-state index in [1.54, 1.807) is 30.5 Å². The molecule has 0 bridgehead atoms. The summed E-state index contributed by atoms with van der Waals surface area (Å²) < 4.78 is 7.52. The molecule has 0 fully saturated rings. The van der Waals surface area contributed by atoms with Crippen LogP contribution in [-0.4, -0.2) is 15.6 Å². The van der Waals surface area contributed by atoms with Gasteiger partial charge in [-0.25, -0.2) is 0 Å². The van der Waals surface area contributed by atoms with Gasteiger partial charge in [-0.05, 0) is 38.1 Å². The van der Waals surface area contributed by atoms with Gasteiger partial charge >= 0.3 is 0 Å². The number of hydrogen-bond donors (Lipinski definition) is 0. The van der Waals surface area contributed by atoms with Crippen molar-refractivity contribution in [1.29, 1.82) is 0 Å². The van der Waals surface area contributed by atoms with E-state index in [0.717, 1.165) is 0 Å². The van der Waals surface area contributed by atoms with Crippen LogP contribution in [-0.2, 0) is 0 Å². The second-order valence-electron chi connectivity index (χ2n) is 4.65. The van der Waals surface area contributed by atoms with Crippen LogP contribution in [0.2, 0.25) is 0 Å². The van der Waals surface area contributed by atoms with Crippen LogP contribution < -0.4 is 4.74 Å². The zero-order valence-corrected chi connectivity index (χ0v) is 11.5. The smallest absolute Gasteiger partial charge is 0.165 e. The molecule has 0 saturated carbocycles. The van der Waals surface area contributed by atoms with Crippen LogP contribution in [0.15, 0.2) is 36.7 Å². The lowest BCUT2D eigenvalue weighted by atomic mass is 10.1. The average Bonchev–Trinajstić information content (AvgIpc) is 2.87. The van der Waals surface area contributed by atoms with Crippen molar-refractivity contribution in [3.8, 4) is 11.5 Å². The minimum Gasteiger partial charge on any atom is -0.454 e. The Morgan fingerprint density at radius 2 is 1.95 bits per heavy atom. The summed E-state index contributed by atoms with van der Waals surface area (Å²) in [6, 6.07) is 7.48. The van der Waals surface area contributed by atoms with Crippen LogP contribution >= 0.6 is 0 Å². The first-order valence-electron chi connectivity index (χ1n) is 6.45. The molecule has 4 nitrogen and oxygen atoms in total. The van der Waals surface area contributed by atoms with Gasteiger partial charge in [0.1, 0.15) is 5.75 Å². The molecular weight excluding hydrogens is 240 g/mol. The molecule has 0 saturated heterocycles. The molecule has 0 atom stereocenters. The normalized spacial score (nSPS) is 10.7. The molecule has 2 aromatic rings. The van der Waals surface area contributed by atoms with Gasteiger partial charge in [0.2, 0.25) is 0 Å². The maximum absolute atomic E-state index is 11.5. The van der Waals surface area contributed by atoms with Gasteiger partial charge in [0, 0.05) is 18.0 Å². The number of ketones is 1. The van der Waals surface area contributed by atoms with Crippen molar-refractivity contribution in [2.75, 3.05) is 0 Å². The summed E-state index contributed by atoms with van der Waals surface area (Å²) in [6.07, 6.45) is 4.06. The first-order chi connectivity index (χ1) is 9.10. The van der Waals surface area contributed by atoms with E-state index in [1.807, 2.05) is 17.8 Å². The van der Waals surface area contributed by atoms with Crippen LogP contribution in [0, 0.1) is 0 Å². The summed E-state index contributed by atoms with van der Waals surface area (Å²) in [4.78, 5) is 11.5. The van der Waals surface area contributed by atoms with Crippen LogP contribution in [0.3, 0.4) is 0 Å². The van der Waals surface area contributed by atoms with E-state index in [9.17, 15) is 4.79 Å². The second-order valence-corrected chi connectivity index (χ2v) is 4.65. The fourth-order valence-electron chi connectivity index (χ4n) is 1.70. The highest BCUT2D eigenvalue weighted by molar-refractivity contribution is 5.95. The molecule has 1 aromatic carbocycles. The molecule has 0 unspecified atom stereocenters. The maximum Gasteiger partial charge on any atom is 0.165 e. The number of aromatic nitrogens is 2. The van der Waals surface area contributed by atoms with E-state index >= 15 is 0 Å². The zero-order chi connectivity index (χ0) is 13.8. The standard InChI is InChI=1S/C15H18N2O2/c1-4-15(18)12-5-7-13(8-6-12)19-14-9-16-17(10-14)11(2)3/h5-11H,4H2,1-3H3. The highest BCUT2D eigenvalue weighted by Gasteiger charge is 2.05. The van der Waals surface area contributed by atoms with Gasteiger partial charge in [0.15, 0.2) is 11.5 Å². The third-order valence-corrected chi connectivity index (χ3v) is 2.84. The Bertz CT molecular complexity index is 556. The van der Waals surface area contributed by atoms with E-state index in [2.05, 4.69) is 18.9 Å². The molecule has 19 heavy (non-hydrogen) atoms. The lowest BCUT2D eigenvalue weighted by Gasteiger charge is -2.05. The maximum atomic E-state index is 11.5. The molecule has 0 N–H and O–H groups in total. The van der Waals surface area contributed by atoms with Crippen molar-refractivity contribution in [2.45, 2.75) is 33.2 Å². The van der Waals surface area contributed by atoms with Crippen molar-refractivity contribution >= 4 is 5.78 Å². The predicted molar refractivity (Wildman–Crippen MR) is 73.7 cm³/mol. The van der Waals surface area contributed by atoms with Crippen LogP contribution in [0.25, 0.3) is 0 Å². The van der Waals surface area contributed by atoms with Gasteiger partial charge in [-0.2, -0.15) is 5.10 Å². The Labute approximate surface area is 113 Å². The van der Waals surface area contributed by atoms with Gasteiger partial charge < -0.3 is 4.74 Å². The minimum absolute atomic E-state index is 0.138. The highest BCUT2D eigenvalue weighted by atomic mass is 16.5. The number of Topliss-reactive ketones (excluding diaryl/α,β-unsaturated/α-hetero) is 1. The van der Waals surface area contributed by atoms with Gasteiger partial charge in [-0.3, -0.25) is 9.48 Å². The third kappa shape index (κ3) is 3.22. The van der Waals surface area contributed by atoms with Crippen LogP contribution in [0.4, 0.5) is 0 Å². The Kier molecular flexibility index (Phi) is 4.00. The monoisotopic (exact) mass is 258 g/mol. The topological polar surface area (TPSA) is 44.1 Å². The minimum atomic E-state index is 0.138. The molecule has 2 rings (SSSR count). The van der Waals surface area contributed by atoms with Gasteiger partial charge in [0.25, 0.3) is 0 Å². The van der Waals surface area contributed by atoms with Crippen molar-refractivity contribution in [3.63, 3.8) is 0 Å². The van der Waals surface area contributed by atoms with E-state index in [0.29, 0.717) is 29.5 Å². The largest absolute Gasteiger partial charge is 0.454 e. The Morgan fingerprint density at radius 1 is 1.26 bits per heavy atom. The van der Waals surface area contributed by atoms with Gasteiger partial charge in [0.05, 0.1) is 12.4 Å². The van der Waals surface area contributed by atoms with Gasteiger partial charge in [-0.1, -0.05) is 6.92 Å². The summed E-state index contributed by atoms with van der Waals surface area (Å²) in [5.41, 5.74) is 0.715. The molecule has 100 valence electrons. The predicted octanol–water partition coefficient (Wildman–Crippen LogP) is 3.85. The number of carbonyl (C=O) groups is 1. The van der Waals surface area contributed by atoms with Crippen molar-refractivity contribution in [1.82, 2.24) is 9.78 Å². The van der Waals surface area contributed by atoms with E-state index in [4.69, 9.17) is 4.74 Å². The Morgan fingerprint density at radius 3 is 2.47 bits per heavy atom. The van der Waals surface area contributed by atoms with E-state index < -0.39 is 0 Å². The van der Waals surface area contributed by atoms with Crippen molar-refractivity contribution < 1.29 is 9.53 Å². The van der Waals surface area contributed by atoms with Crippen molar-refractivity contribution in [2.24, 2.45) is 0 Å². The van der Waals surface area contributed by atoms with Crippen molar-refractivity contribution in [3.05, 3.63) is 42.2 Å². The lowest BCUT2D eigenvalue weighted by Crippen LogP contribution is -1.99. The lowest BCUT2D eigenvalue weighted by molar-refractivity contribution is 0.0988. The van der Waals surface area contributed by atoms with Crippen LogP contribution in [0.5, 0.6) is 11.5 Å². The Balaban J connectivity index is 2.08. The first kappa shape index (κ1) is 13.3. The van der Waals surface area contributed by atoms with Crippen LogP contribution in [0.1, 0.15) is 43.6 Å². The summed E-state index contributed by atoms with van der Waals surface area (Å²) in [6.45, 7) is 5.97. The number of nitrogens with zero attached hydrogens (tertiary/aromatic N) is 2.